The highest BCUT2D eigenvalue weighted by Crippen LogP contribution is 2.27. The molecule has 0 saturated carbocycles. The molecular weight excluding hydrogens is 336 g/mol. The predicted molar refractivity (Wildman–Crippen MR) is 80.7 cm³/mol. The van der Waals surface area contributed by atoms with Gasteiger partial charge in [0, 0.05) is 12.7 Å². The van der Waals surface area contributed by atoms with E-state index in [-0.39, 0.29) is 17.3 Å². The third-order valence-electron chi connectivity index (χ3n) is 2.50. The molecule has 0 radical (unpaired) electrons. The molecule has 0 fully saturated rings. The number of likely N-dealkylation sites (N-methyl/N-ethyl adjacent to an activating group) is 1. The molecule has 1 rings (SSSR count). The summed E-state index contributed by atoms with van der Waals surface area (Å²) in [5.74, 6) is -1.52. The second kappa shape index (κ2) is 7.43. The predicted octanol–water partition coefficient (Wildman–Crippen LogP) is 0.633. The number of aliphatic carboxylic acids is 1. The van der Waals surface area contributed by atoms with E-state index < -0.39 is 28.5 Å². The Labute approximate surface area is 132 Å². The van der Waals surface area contributed by atoms with Crippen LogP contribution in [0.3, 0.4) is 0 Å². The lowest BCUT2D eigenvalue weighted by Gasteiger charge is -2.14. The number of benzene rings is 1. The van der Waals surface area contributed by atoms with E-state index in [2.05, 4.69) is 5.32 Å². The Balaban J connectivity index is 2.69. The third kappa shape index (κ3) is 5.88. The molecule has 122 valence electrons. The summed E-state index contributed by atoms with van der Waals surface area (Å²) in [6.07, 6.45) is 0.992. The molecule has 1 aromatic carbocycles. The van der Waals surface area contributed by atoms with Crippen molar-refractivity contribution in [3.8, 4) is 5.75 Å². The van der Waals surface area contributed by atoms with Gasteiger partial charge in [0.2, 0.25) is 15.9 Å². The largest absolute Gasteiger partial charge is 0.480 e. The minimum Gasteiger partial charge on any atom is -0.480 e. The zero-order valence-electron chi connectivity index (χ0n) is 11.9. The number of nitrogens with one attached hydrogen (secondary N) is 1. The number of carboxylic acid groups (broad SMARTS) is 1. The first-order valence-electron chi connectivity index (χ1n) is 5.95. The zero-order valence-corrected chi connectivity index (χ0v) is 13.4. The quantitative estimate of drug-likeness (QED) is 0.745. The standard InChI is InChI=1S/C12H15ClN2O6S/c1-15(22(2,19)20)6-11(16)14-8-3-4-10(9(13)5-8)21-7-12(17)18/h3-5H,6-7H2,1-2H3,(H,14,16)(H,17,18). The summed E-state index contributed by atoms with van der Waals surface area (Å²) in [5, 5.41) is 11.1. The molecule has 1 aromatic rings. The molecule has 0 spiro atoms. The summed E-state index contributed by atoms with van der Waals surface area (Å²) >= 11 is 5.90. The molecule has 0 unspecified atom stereocenters. The van der Waals surface area contributed by atoms with Crippen molar-refractivity contribution in [2.45, 2.75) is 0 Å². The summed E-state index contributed by atoms with van der Waals surface area (Å²) in [5.41, 5.74) is 0.333. The van der Waals surface area contributed by atoms with Gasteiger partial charge in [-0.1, -0.05) is 11.6 Å². The maximum atomic E-state index is 11.7. The number of nitrogens with zero attached hydrogens (tertiary/aromatic N) is 1. The van der Waals surface area contributed by atoms with Crippen LogP contribution in [0.5, 0.6) is 5.75 Å². The van der Waals surface area contributed by atoms with Gasteiger partial charge in [0.25, 0.3) is 0 Å². The zero-order chi connectivity index (χ0) is 16.9. The van der Waals surface area contributed by atoms with Crippen LogP contribution in [0, 0.1) is 0 Å². The molecule has 0 aliphatic rings. The van der Waals surface area contributed by atoms with Crippen LogP contribution < -0.4 is 10.1 Å². The minimum absolute atomic E-state index is 0.121. The van der Waals surface area contributed by atoms with Crippen molar-refractivity contribution in [2.24, 2.45) is 0 Å². The molecule has 10 heteroatoms. The second-order valence-corrected chi connectivity index (χ2v) is 6.89. The number of carbonyl (C=O) groups is 2. The van der Waals surface area contributed by atoms with Crippen molar-refractivity contribution < 1.29 is 27.9 Å². The van der Waals surface area contributed by atoms with Crippen molar-refractivity contribution >= 4 is 39.2 Å². The molecule has 22 heavy (non-hydrogen) atoms. The van der Waals surface area contributed by atoms with E-state index in [4.69, 9.17) is 21.4 Å². The van der Waals surface area contributed by atoms with Gasteiger partial charge in [-0.2, -0.15) is 4.31 Å². The number of anilines is 1. The van der Waals surface area contributed by atoms with Crippen LogP contribution in [-0.2, 0) is 19.6 Å². The van der Waals surface area contributed by atoms with Gasteiger partial charge in [0.05, 0.1) is 17.8 Å². The number of halogens is 1. The van der Waals surface area contributed by atoms with Crippen LogP contribution >= 0.6 is 11.6 Å². The van der Waals surface area contributed by atoms with E-state index in [0.717, 1.165) is 10.6 Å². The fourth-order valence-corrected chi connectivity index (χ4v) is 1.94. The van der Waals surface area contributed by atoms with E-state index in [1.165, 1.54) is 25.2 Å². The molecule has 0 bridgehead atoms. The number of amides is 1. The van der Waals surface area contributed by atoms with Crippen molar-refractivity contribution in [1.82, 2.24) is 4.31 Å². The fraction of sp³-hybridized carbons (Fsp3) is 0.333. The Morgan fingerprint density at radius 2 is 2.05 bits per heavy atom. The number of hydrogen-bond acceptors (Lipinski definition) is 5. The molecule has 0 aromatic heterocycles. The first-order chi connectivity index (χ1) is 10.1. The summed E-state index contributed by atoms with van der Waals surface area (Å²) in [6, 6.07) is 4.24. The topological polar surface area (TPSA) is 113 Å². The van der Waals surface area contributed by atoms with Gasteiger partial charge in [-0.25, -0.2) is 13.2 Å². The molecule has 0 saturated heterocycles. The number of carboxylic acids is 1. The molecular formula is C12H15ClN2O6S. The Morgan fingerprint density at radius 3 is 2.55 bits per heavy atom. The average Bonchev–Trinajstić information content (AvgIpc) is 2.36. The van der Waals surface area contributed by atoms with Crippen molar-refractivity contribution in [3.63, 3.8) is 0 Å². The van der Waals surface area contributed by atoms with E-state index >= 15 is 0 Å². The Morgan fingerprint density at radius 1 is 1.41 bits per heavy atom. The highest BCUT2D eigenvalue weighted by molar-refractivity contribution is 7.88. The number of ether oxygens (including phenoxy) is 1. The fourth-order valence-electron chi connectivity index (χ4n) is 1.36. The summed E-state index contributed by atoms with van der Waals surface area (Å²) in [4.78, 5) is 22.1. The van der Waals surface area contributed by atoms with E-state index in [9.17, 15) is 18.0 Å². The van der Waals surface area contributed by atoms with Gasteiger partial charge in [0.1, 0.15) is 5.75 Å². The second-order valence-electron chi connectivity index (χ2n) is 4.39. The minimum atomic E-state index is -3.45. The maximum absolute atomic E-state index is 11.7. The van der Waals surface area contributed by atoms with Crippen LogP contribution in [0.25, 0.3) is 0 Å². The summed E-state index contributed by atoms with van der Waals surface area (Å²) in [6.45, 7) is -0.877. The van der Waals surface area contributed by atoms with Crippen LogP contribution in [0.4, 0.5) is 5.69 Å². The van der Waals surface area contributed by atoms with Crippen LogP contribution in [0.1, 0.15) is 0 Å². The van der Waals surface area contributed by atoms with Crippen molar-refractivity contribution in [3.05, 3.63) is 23.2 Å². The summed E-state index contributed by atoms with van der Waals surface area (Å²) < 4.78 is 28.2. The van der Waals surface area contributed by atoms with Gasteiger partial charge in [-0.15, -0.1) is 0 Å². The van der Waals surface area contributed by atoms with E-state index in [1.807, 2.05) is 0 Å². The molecule has 8 nitrogen and oxygen atoms in total. The van der Waals surface area contributed by atoms with Crippen molar-refractivity contribution in [1.29, 1.82) is 0 Å². The Hall–Kier alpha value is -1.84. The van der Waals surface area contributed by atoms with Crippen LogP contribution in [0.2, 0.25) is 5.02 Å². The van der Waals surface area contributed by atoms with Gasteiger partial charge < -0.3 is 15.2 Å². The number of carbonyl (C=O) groups excluding carboxylic acids is 1. The molecule has 2 N–H and O–H groups in total. The molecule has 0 heterocycles. The number of rotatable bonds is 7. The SMILES string of the molecule is CN(CC(=O)Nc1ccc(OCC(=O)O)c(Cl)c1)S(C)(=O)=O. The van der Waals surface area contributed by atoms with Crippen LogP contribution in [0.15, 0.2) is 18.2 Å². The molecule has 0 aliphatic heterocycles. The van der Waals surface area contributed by atoms with E-state index in [0.29, 0.717) is 5.69 Å². The maximum Gasteiger partial charge on any atom is 0.341 e. The lowest BCUT2D eigenvalue weighted by molar-refractivity contribution is -0.139. The third-order valence-corrected chi connectivity index (χ3v) is 4.06. The smallest absolute Gasteiger partial charge is 0.341 e. The first-order valence-corrected chi connectivity index (χ1v) is 8.17. The van der Waals surface area contributed by atoms with Gasteiger partial charge in [-0.3, -0.25) is 4.79 Å². The number of hydrogen-bond donors (Lipinski definition) is 2. The highest BCUT2D eigenvalue weighted by atomic mass is 35.5. The average molecular weight is 351 g/mol. The lowest BCUT2D eigenvalue weighted by atomic mass is 10.3. The Kier molecular flexibility index (Phi) is 6.15. The van der Waals surface area contributed by atoms with Crippen molar-refractivity contribution in [2.75, 3.05) is 31.8 Å². The van der Waals surface area contributed by atoms with Gasteiger partial charge in [0.15, 0.2) is 6.61 Å². The normalized spacial score (nSPS) is 11.3. The van der Waals surface area contributed by atoms with E-state index in [1.54, 1.807) is 0 Å². The van der Waals surface area contributed by atoms with Gasteiger partial charge >= 0.3 is 5.97 Å². The lowest BCUT2D eigenvalue weighted by Crippen LogP contribution is -2.34. The summed E-state index contributed by atoms with van der Waals surface area (Å²) in [7, 11) is -2.17. The monoisotopic (exact) mass is 350 g/mol. The highest BCUT2D eigenvalue weighted by Gasteiger charge is 2.15. The van der Waals surface area contributed by atoms with Crippen LogP contribution in [-0.4, -0.2) is 56.2 Å². The molecule has 1 amide bonds. The number of sulfonamides is 1. The van der Waals surface area contributed by atoms with Gasteiger partial charge in [-0.05, 0) is 18.2 Å². The molecule has 0 atom stereocenters. The first kappa shape index (κ1) is 18.2. The Bertz CT molecular complexity index is 676. The molecule has 0 aliphatic carbocycles.